The number of hydrogen-bond acceptors (Lipinski definition) is 5. The number of hydrogen-bond donors (Lipinski definition) is 1. The number of aromatic amines is 1. The molecule has 0 aliphatic heterocycles. The van der Waals surface area contributed by atoms with Crippen LogP contribution in [0.1, 0.15) is 23.2 Å². The Bertz CT molecular complexity index is 1130. The molecule has 0 fully saturated rings. The molecule has 0 spiro atoms. The normalized spacial score (nSPS) is 10.8. The van der Waals surface area contributed by atoms with E-state index in [2.05, 4.69) is 5.10 Å². The summed E-state index contributed by atoms with van der Waals surface area (Å²) < 4.78 is 18.8. The molecule has 1 aromatic heterocycles. The van der Waals surface area contributed by atoms with Crippen molar-refractivity contribution in [3.05, 3.63) is 80.6 Å². The van der Waals surface area contributed by atoms with Gasteiger partial charge in [0.05, 0.1) is 17.4 Å². The molecule has 144 valence electrons. The molecule has 3 aromatic rings. The molecular formula is C20H17FN2O5. The molecule has 0 aliphatic carbocycles. The second-order valence-corrected chi connectivity index (χ2v) is 6.13. The Morgan fingerprint density at radius 1 is 1.00 bits per heavy atom. The minimum absolute atomic E-state index is 0.0155. The zero-order valence-corrected chi connectivity index (χ0v) is 14.8. The van der Waals surface area contributed by atoms with E-state index < -0.39 is 29.4 Å². The molecule has 0 saturated carbocycles. The van der Waals surface area contributed by atoms with E-state index in [9.17, 15) is 23.6 Å². The number of fused-ring (bicyclic) bond motifs is 1. The van der Waals surface area contributed by atoms with Gasteiger partial charge < -0.3 is 4.74 Å². The number of carbonyl (C=O) groups excluding carboxylic acids is 2. The van der Waals surface area contributed by atoms with E-state index in [-0.39, 0.29) is 36.0 Å². The van der Waals surface area contributed by atoms with Crippen LogP contribution in [0.4, 0.5) is 4.39 Å². The van der Waals surface area contributed by atoms with Gasteiger partial charge >= 0.3 is 5.97 Å². The number of carbonyl (C=O) groups is 2. The van der Waals surface area contributed by atoms with E-state index >= 15 is 0 Å². The highest BCUT2D eigenvalue weighted by atomic mass is 19.1. The molecule has 0 saturated heterocycles. The standard InChI is InChI=1S/C20H17FN2O5/c21-14-9-7-13(8-10-14)17(24)6-3-11-28-18(25)12-23-20(27)16-5-2-1-4-15(16)19(26)22-23/h1-2,4-5,7-10H,3,6,11-12H2,(H,22,26). The van der Waals surface area contributed by atoms with Crippen LogP contribution in [0.2, 0.25) is 0 Å². The van der Waals surface area contributed by atoms with Crippen molar-refractivity contribution in [1.82, 2.24) is 9.78 Å². The maximum atomic E-state index is 12.8. The van der Waals surface area contributed by atoms with E-state index in [1.807, 2.05) is 0 Å². The van der Waals surface area contributed by atoms with Gasteiger partial charge in [-0.25, -0.2) is 9.07 Å². The summed E-state index contributed by atoms with van der Waals surface area (Å²) in [5.41, 5.74) is -0.598. The van der Waals surface area contributed by atoms with Gasteiger partial charge in [0, 0.05) is 12.0 Å². The van der Waals surface area contributed by atoms with Crippen molar-refractivity contribution in [3.8, 4) is 0 Å². The fourth-order valence-electron chi connectivity index (χ4n) is 2.73. The second kappa shape index (κ2) is 8.43. The molecule has 0 radical (unpaired) electrons. The van der Waals surface area contributed by atoms with Gasteiger partial charge in [0.25, 0.3) is 11.1 Å². The van der Waals surface area contributed by atoms with Crippen LogP contribution in [0.15, 0.2) is 58.1 Å². The van der Waals surface area contributed by atoms with Crippen LogP contribution in [0, 0.1) is 5.82 Å². The number of ether oxygens (including phenoxy) is 1. The number of ketones is 1. The van der Waals surface area contributed by atoms with Crippen molar-refractivity contribution in [2.24, 2.45) is 0 Å². The summed E-state index contributed by atoms with van der Waals surface area (Å²) in [5.74, 6) is -1.32. The lowest BCUT2D eigenvalue weighted by Crippen LogP contribution is -2.33. The highest BCUT2D eigenvalue weighted by molar-refractivity contribution is 5.95. The predicted octanol–water partition coefficient (Wildman–Crippen LogP) is 2.04. The summed E-state index contributed by atoms with van der Waals surface area (Å²) in [6.45, 7) is -0.455. The number of halogens is 1. The van der Waals surface area contributed by atoms with Gasteiger partial charge in [-0.3, -0.25) is 24.3 Å². The molecule has 3 rings (SSSR count). The van der Waals surface area contributed by atoms with Gasteiger partial charge in [0.1, 0.15) is 12.4 Å². The van der Waals surface area contributed by atoms with Gasteiger partial charge in [-0.05, 0) is 42.8 Å². The summed E-state index contributed by atoms with van der Waals surface area (Å²) in [6, 6.07) is 11.5. The number of aromatic nitrogens is 2. The minimum atomic E-state index is -0.706. The Morgan fingerprint density at radius 2 is 1.68 bits per heavy atom. The van der Waals surface area contributed by atoms with Crippen molar-refractivity contribution in [1.29, 1.82) is 0 Å². The molecule has 0 bridgehead atoms. The average molecular weight is 384 g/mol. The molecule has 2 aromatic carbocycles. The summed E-state index contributed by atoms with van der Waals surface area (Å²) in [7, 11) is 0. The molecule has 0 unspecified atom stereocenters. The molecule has 0 aliphatic rings. The van der Waals surface area contributed by atoms with E-state index in [4.69, 9.17) is 4.74 Å². The number of esters is 1. The third-order valence-electron chi connectivity index (χ3n) is 4.15. The molecule has 7 nitrogen and oxygen atoms in total. The first kappa shape index (κ1) is 19.2. The van der Waals surface area contributed by atoms with Gasteiger partial charge in [0.2, 0.25) is 0 Å². The van der Waals surface area contributed by atoms with Gasteiger partial charge in [-0.15, -0.1) is 0 Å². The van der Waals surface area contributed by atoms with Crippen LogP contribution in [-0.2, 0) is 16.1 Å². The monoisotopic (exact) mass is 384 g/mol. The third-order valence-corrected chi connectivity index (χ3v) is 4.15. The van der Waals surface area contributed by atoms with Crippen molar-refractivity contribution in [2.45, 2.75) is 19.4 Å². The highest BCUT2D eigenvalue weighted by Crippen LogP contribution is 2.07. The lowest BCUT2D eigenvalue weighted by molar-refractivity contribution is -0.144. The smallest absolute Gasteiger partial charge is 0.327 e. The maximum Gasteiger partial charge on any atom is 0.327 e. The lowest BCUT2D eigenvalue weighted by atomic mass is 10.1. The van der Waals surface area contributed by atoms with Crippen molar-refractivity contribution >= 4 is 22.5 Å². The van der Waals surface area contributed by atoms with Gasteiger partial charge in [-0.2, -0.15) is 0 Å². The number of nitrogens with zero attached hydrogens (tertiary/aromatic N) is 1. The molecular weight excluding hydrogens is 367 g/mol. The molecule has 8 heteroatoms. The zero-order chi connectivity index (χ0) is 20.1. The van der Waals surface area contributed by atoms with Crippen molar-refractivity contribution in [2.75, 3.05) is 6.61 Å². The Morgan fingerprint density at radius 3 is 2.39 bits per heavy atom. The number of nitrogens with one attached hydrogen (secondary N) is 1. The lowest BCUT2D eigenvalue weighted by Gasteiger charge is -2.08. The summed E-state index contributed by atoms with van der Waals surface area (Å²) >= 11 is 0. The topological polar surface area (TPSA) is 98.2 Å². The van der Waals surface area contributed by atoms with Crippen LogP contribution in [-0.4, -0.2) is 28.1 Å². The molecule has 28 heavy (non-hydrogen) atoms. The summed E-state index contributed by atoms with van der Waals surface area (Å²) in [5, 5.41) is 2.81. The Labute approximate surface area is 158 Å². The van der Waals surface area contributed by atoms with E-state index in [1.54, 1.807) is 12.1 Å². The predicted molar refractivity (Wildman–Crippen MR) is 99.8 cm³/mol. The quantitative estimate of drug-likeness (QED) is 0.382. The fourth-order valence-corrected chi connectivity index (χ4v) is 2.73. The van der Waals surface area contributed by atoms with E-state index in [0.29, 0.717) is 5.56 Å². The third kappa shape index (κ3) is 4.40. The SMILES string of the molecule is O=C(Cn1[nH]c(=O)c2ccccc2c1=O)OCCCC(=O)c1ccc(F)cc1. The van der Waals surface area contributed by atoms with Crippen LogP contribution in [0.3, 0.4) is 0 Å². The first-order chi connectivity index (χ1) is 13.5. The van der Waals surface area contributed by atoms with Crippen LogP contribution >= 0.6 is 0 Å². The average Bonchev–Trinajstić information content (AvgIpc) is 2.69. The first-order valence-electron chi connectivity index (χ1n) is 8.62. The number of benzene rings is 2. The Hall–Kier alpha value is -3.55. The van der Waals surface area contributed by atoms with E-state index in [0.717, 1.165) is 4.68 Å². The largest absolute Gasteiger partial charge is 0.464 e. The van der Waals surface area contributed by atoms with Crippen LogP contribution in [0.25, 0.3) is 10.8 Å². The Balaban J connectivity index is 1.54. The number of Topliss-reactive ketones (excluding diaryl/α,β-unsaturated/α-hetero) is 1. The zero-order valence-electron chi connectivity index (χ0n) is 14.8. The van der Waals surface area contributed by atoms with Crippen LogP contribution in [0.5, 0.6) is 0 Å². The highest BCUT2D eigenvalue weighted by Gasteiger charge is 2.11. The summed E-state index contributed by atoms with van der Waals surface area (Å²) in [6.07, 6.45) is 0.413. The Kier molecular flexibility index (Phi) is 5.78. The van der Waals surface area contributed by atoms with Crippen molar-refractivity contribution in [3.63, 3.8) is 0 Å². The molecule has 1 heterocycles. The number of rotatable bonds is 7. The summed E-state index contributed by atoms with van der Waals surface area (Å²) in [4.78, 5) is 48.2. The van der Waals surface area contributed by atoms with E-state index in [1.165, 1.54) is 36.4 Å². The van der Waals surface area contributed by atoms with Gasteiger partial charge in [-0.1, -0.05) is 12.1 Å². The molecule has 0 amide bonds. The molecule has 1 N–H and O–H groups in total. The fraction of sp³-hybridized carbons (Fsp3) is 0.200. The van der Waals surface area contributed by atoms with Crippen LogP contribution < -0.4 is 11.1 Å². The number of H-pyrrole nitrogens is 1. The van der Waals surface area contributed by atoms with Gasteiger partial charge in [0.15, 0.2) is 5.78 Å². The minimum Gasteiger partial charge on any atom is -0.464 e. The maximum absolute atomic E-state index is 12.8. The molecule has 0 atom stereocenters. The first-order valence-corrected chi connectivity index (χ1v) is 8.62. The van der Waals surface area contributed by atoms with Crippen molar-refractivity contribution < 1.29 is 18.7 Å². The second-order valence-electron chi connectivity index (χ2n) is 6.13.